The lowest BCUT2D eigenvalue weighted by molar-refractivity contribution is -0.135. The summed E-state index contributed by atoms with van der Waals surface area (Å²) in [6.07, 6.45) is 7.46. The molecule has 0 bridgehead atoms. The standard InChI is InChI=1S/C29H39F5O2/c1-2-3-19-4-6-20(7-5-19)21-8-10-22(11-9-21)24-13-14-26(35-18-24)23-12-15-27(25(30)16-23)36-29(33,34)17-28(31)32/h12,15-17,19-22,24,26H,2-11,13-14,18H2,1H3. The van der Waals surface area contributed by atoms with E-state index in [0.29, 0.717) is 24.0 Å². The topological polar surface area (TPSA) is 18.5 Å². The Bertz CT molecular complexity index is 860. The fourth-order valence-corrected chi connectivity index (χ4v) is 6.95. The van der Waals surface area contributed by atoms with Crippen molar-refractivity contribution in [2.75, 3.05) is 6.61 Å². The first kappa shape index (κ1) is 27.4. The number of ether oxygens (including phenoxy) is 2. The molecule has 1 saturated heterocycles. The van der Waals surface area contributed by atoms with Crippen molar-refractivity contribution in [2.45, 2.75) is 96.2 Å². The molecule has 3 fully saturated rings. The van der Waals surface area contributed by atoms with Crippen LogP contribution in [0.15, 0.2) is 30.4 Å². The molecule has 2 nitrogen and oxygen atoms in total. The van der Waals surface area contributed by atoms with E-state index in [4.69, 9.17) is 4.74 Å². The third kappa shape index (κ3) is 7.23. The van der Waals surface area contributed by atoms with Crippen LogP contribution in [0.2, 0.25) is 0 Å². The molecule has 36 heavy (non-hydrogen) atoms. The average Bonchev–Trinajstić information content (AvgIpc) is 2.85. The van der Waals surface area contributed by atoms with Gasteiger partial charge in [-0.25, -0.2) is 4.39 Å². The van der Waals surface area contributed by atoms with E-state index in [1.54, 1.807) is 0 Å². The molecule has 1 aromatic carbocycles. The molecule has 0 amide bonds. The van der Waals surface area contributed by atoms with E-state index in [1.807, 2.05) is 0 Å². The summed E-state index contributed by atoms with van der Waals surface area (Å²) in [6.45, 7) is 2.92. The van der Waals surface area contributed by atoms with Crippen LogP contribution in [0, 0.1) is 35.4 Å². The molecule has 2 unspecified atom stereocenters. The molecular weight excluding hydrogens is 475 g/mol. The van der Waals surface area contributed by atoms with Crippen LogP contribution in [-0.4, -0.2) is 12.7 Å². The van der Waals surface area contributed by atoms with Gasteiger partial charge in [0.25, 0.3) is 6.08 Å². The van der Waals surface area contributed by atoms with Crippen molar-refractivity contribution in [3.8, 4) is 5.75 Å². The van der Waals surface area contributed by atoms with Gasteiger partial charge in [0, 0.05) is 0 Å². The van der Waals surface area contributed by atoms with Gasteiger partial charge in [-0.3, -0.25) is 0 Å². The van der Waals surface area contributed by atoms with Crippen LogP contribution < -0.4 is 4.74 Å². The molecule has 1 heterocycles. The van der Waals surface area contributed by atoms with Gasteiger partial charge in [0.05, 0.1) is 18.8 Å². The van der Waals surface area contributed by atoms with Crippen LogP contribution in [-0.2, 0) is 4.74 Å². The van der Waals surface area contributed by atoms with Gasteiger partial charge in [-0.05, 0) is 98.7 Å². The summed E-state index contributed by atoms with van der Waals surface area (Å²) in [5, 5.41) is 0. The zero-order chi connectivity index (χ0) is 25.7. The highest BCUT2D eigenvalue weighted by molar-refractivity contribution is 5.31. The van der Waals surface area contributed by atoms with Crippen molar-refractivity contribution in [3.63, 3.8) is 0 Å². The number of alkyl halides is 2. The van der Waals surface area contributed by atoms with Gasteiger partial charge in [-0.2, -0.15) is 17.6 Å². The van der Waals surface area contributed by atoms with E-state index < -0.39 is 29.8 Å². The average molecular weight is 515 g/mol. The second-order valence-electron chi connectivity index (χ2n) is 11.2. The fraction of sp³-hybridized carbons (Fsp3) is 0.724. The zero-order valence-corrected chi connectivity index (χ0v) is 21.2. The Morgan fingerprint density at radius 3 is 2.03 bits per heavy atom. The summed E-state index contributed by atoms with van der Waals surface area (Å²) in [4.78, 5) is 0. The Morgan fingerprint density at radius 1 is 0.917 bits per heavy atom. The lowest BCUT2D eigenvalue weighted by Crippen LogP contribution is -2.32. The molecule has 1 aliphatic heterocycles. The number of hydrogen-bond acceptors (Lipinski definition) is 2. The highest BCUT2D eigenvalue weighted by Crippen LogP contribution is 2.46. The summed E-state index contributed by atoms with van der Waals surface area (Å²) in [5.74, 6) is 2.15. The first-order valence-corrected chi connectivity index (χ1v) is 13.8. The summed E-state index contributed by atoms with van der Waals surface area (Å²) in [6, 6.07) is 3.62. The van der Waals surface area contributed by atoms with E-state index in [9.17, 15) is 22.0 Å². The summed E-state index contributed by atoms with van der Waals surface area (Å²) in [5.41, 5.74) is 0.552. The minimum absolute atomic E-state index is 0.303. The third-order valence-electron chi connectivity index (χ3n) is 8.90. The Balaban J connectivity index is 1.23. The van der Waals surface area contributed by atoms with Gasteiger partial charge in [0.15, 0.2) is 11.6 Å². The first-order chi connectivity index (χ1) is 17.2. The number of benzene rings is 1. The molecule has 0 aromatic heterocycles. The van der Waals surface area contributed by atoms with Gasteiger partial charge in [0.2, 0.25) is 0 Å². The molecule has 2 saturated carbocycles. The van der Waals surface area contributed by atoms with Crippen LogP contribution in [0.1, 0.15) is 95.6 Å². The molecule has 2 aliphatic carbocycles. The Kier molecular flexibility index (Phi) is 9.35. The molecule has 0 spiro atoms. The summed E-state index contributed by atoms with van der Waals surface area (Å²) in [7, 11) is 0. The van der Waals surface area contributed by atoms with Crippen LogP contribution in [0.5, 0.6) is 5.75 Å². The SMILES string of the molecule is CCCC1CCC(C2CCC(C3CCC(c4ccc(OC(F)(F)C=C(F)F)c(F)c4)OC3)CC2)CC1. The monoisotopic (exact) mass is 514 g/mol. The molecule has 4 rings (SSSR count). The fourth-order valence-electron chi connectivity index (χ4n) is 6.95. The number of hydrogen-bond donors (Lipinski definition) is 0. The lowest BCUT2D eigenvalue weighted by atomic mass is 9.66. The molecule has 3 aliphatic rings. The van der Waals surface area contributed by atoms with Crippen molar-refractivity contribution >= 4 is 0 Å². The molecule has 0 radical (unpaired) electrons. The Labute approximate surface area is 211 Å². The van der Waals surface area contributed by atoms with E-state index in [0.717, 1.165) is 42.7 Å². The maximum atomic E-state index is 14.4. The van der Waals surface area contributed by atoms with Crippen LogP contribution in [0.4, 0.5) is 22.0 Å². The van der Waals surface area contributed by atoms with Gasteiger partial charge >= 0.3 is 6.11 Å². The molecule has 2 atom stereocenters. The molecular formula is C29H39F5O2. The molecule has 202 valence electrons. The van der Waals surface area contributed by atoms with Crippen LogP contribution in [0.3, 0.4) is 0 Å². The highest BCUT2D eigenvalue weighted by atomic mass is 19.3. The van der Waals surface area contributed by atoms with Gasteiger partial charge in [-0.15, -0.1) is 0 Å². The zero-order valence-electron chi connectivity index (χ0n) is 21.2. The van der Waals surface area contributed by atoms with Crippen LogP contribution in [0.25, 0.3) is 0 Å². The van der Waals surface area contributed by atoms with E-state index in [1.165, 1.54) is 70.3 Å². The Morgan fingerprint density at radius 2 is 1.50 bits per heavy atom. The molecule has 7 heteroatoms. The minimum atomic E-state index is -4.29. The number of rotatable bonds is 8. The third-order valence-corrected chi connectivity index (χ3v) is 8.90. The second kappa shape index (κ2) is 12.3. The maximum Gasteiger partial charge on any atom is 0.425 e. The quantitative estimate of drug-likeness (QED) is 0.322. The van der Waals surface area contributed by atoms with E-state index in [-0.39, 0.29) is 6.10 Å². The van der Waals surface area contributed by atoms with Gasteiger partial charge < -0.3 is 9.47 Å². The van der Waals surface area contributed by atoms with E-state index in [2.05, 4.69) is 11.7 Å². The molecule has 1 aromatic rings. The Hall–Kier alpha value is -1.63. The van der Waals surface area contributed by atoms with Crippen molar-refractivity contribution in [1.82, 2.24) is 0 Å². The largest absolute Gasteiger partial charge is 0.426 e. The predicted octanol–water partition coefficient (Wildman–Crippen LogP) is 9.46. The second-order valence-corrected chi connectivity index (χ2v) is 11.2. The summed E-state index contributed by atoms with van der Waals surface area (Å²) < 4.78 is 75.7. The highest BCUT2D eigenvalue weighted by Gasteiger charge is 2.36. The van der Waals surface area contributed by atoms with Crippen molar-refractivity contribution < 1.29 is 31.4 Å². The van der Waals surface area contributed by atoms with Crippen molar-refractivity contribution in [3.05, 3.63) is 41.7 Å². The normalized spacial score (nSPS) is 31.6. The van der Waals surface area contributed by atoms with Crippen LogP contribution >= 0.6 is 0 Å². The van der Waals surface area contributed by atoms with Gasteiger partial charge in [-0.1, -0.05) is 38.7 Å². The first-order valence-electron chi connectivity index (χ1n) is 13.8. The number of halogens is 5. The molecule has 0 N–H and O–H groups in total. The predicted molar refractivity (Wildman–Crippen MR) is 129 cm³/mol. The minimum Gasteiger partial charge on any atom is -0.426 e. The van der Waals surface area contributed by atoms with Gasteiger partial charge in [0.1, 0.15) is 0 Å². The van der Waals surface area contributed by atoms with E-state index >= 15 is 0 Å². The van der Waals surface area contributed by atoms with Crippen molar-refractivity contribution in [1.29, 1.82) is 0 Å². The summed E-state index contributed by atoms with van der Waals surface area (Å²) >= 11 is 0. The maximum absolute atomic E-state index is 14.4. The smallest absolute Gasteiger partial charge is 0.425 e. The van der Waals surface area contributed by atoms with Crippen molar-refractivity contribution in [2.24, 2.45) is 29.6 Å². The lowest BCUT2D eigenvalue weighted by Gasteiger charge is -2.41.